The van der Waals surface area contributed by atoms with Gasteiger partial charge in [0.25, 0.3) is 0 Å². The van der Waals surface area contributed by atoms with Crippen molar-refractivity contribution in [2.45, 2.75) is 31.0 Å². The van der Waals surface area contributed by atoms with Crippen LogP contribution in [0.5, 0.6) is 0 Å². The highest BCUT2D eigenvalue weighted by molar-refractivity contribution is 5.86. The third-order valence-electron chi connectivity index (χ3n) is 7.85. The lowest BCUT2D eigenvalue weighted by atomic mass is 9.76. The molecule has 0 N–H and O–H groups in total. The number of nitrogens with zero attached hydrogens (tertiary/aromatic N) is 2. The SMILES string of the molecule is O=C(Cc1cc(C(F)(F)F)ccc1N1C=CN(C(c2ccccc2)(c2ccccc2)c2ccccc2)C1)C1CC1. The number of rotatable bonds is 8. The van der Waals surface area contributed by atoms with Crippen LogP contribution in [0.15, 0.2) is 122 Å². The zero-order chi connectivity index (χ0) is 27.7. The first-order chi connectivity index (χ1) is 19.4. The van der Waals surface area contributed by atoms with Gasteiger partial charge >= 0.3 is 6.18 Å². The van der Waals surface area contributed by atoms with Crippen molar-refractivity contribution in [1.82, 2.24) is 4.90 Å². The number of anilines is 1. The van der Waals surface area contributed by atoms with E-state index in [4.69, 9.17) is 0 Å². The monoisotopic (exact) mass is 538 g/mol. The van der Waals surface area contributed by atoms with Gasteiger partial charge in [0.15, 0.2) is 0 Å². The minimum absolute atomic E-state index is 0.00451. The fraction of sp³-hybridized carbons (Fsp3) is 0.206. The largest absolute Gasteiger partial charge is 0.416 e. The van der Waals surface area contributed by atoms with Crippen LogP contribution in [0.1, 0.15) is 40.7 Å². The molecule has 3 nitrogen and oxygen atoms in total. The van der Waals surface area contributed by atoms with Gasteiger partial charge in [0.05, 0.1) is 12.2 Å². The molecule has 0 amide bonds. The predicted molar refractivity (Wildman–Crippen MR) is 150 cm³/mol. The van der Waals surface area contributed by atoms with Crippen molar-refractivity contribution >= 4 is 11.5 Å². The van der Waals surface area contributed by atoms with Crippen molar-refractivity contribution in [3.8, 4) is 0 Å². The van der Waals surface area contributed by atoms with Gasteiger partial charge in [-0.3, -0.25) is 4.79 Å². The molecule has 0 spiro atoms. The maximum Gasteiger partial charge on any atom is 0.416 e. The van der Waals surface area contributed by atoms with E-state index in [1.54, 1.807) is 0 Å². The average molecular weight is 539 g/mol. The van der Waals surface area contributed by atoms with Gasteiger partial charge in [0, 0.05) is 30.4 Å². The summed E-state index contributed by atoms with van der Waals surface area (Å²) < 4.78 is 40.9. The second-order valence-electron chi connectivity index (χ2n) is 10.4. The third-order valence-corrected chi connectivity index (χ3v) is 7.85. The van der Waals surface area contributed by atoms with Crippen LogP contribution >= 0.6 is 0 Å². The Kier molecular flexibility index (Phi) is 6.70. The number of carbonyl (C=O) groups is 1. The van der Waals surface area contributed by atoms with E-state index in [1.807, 2.05) is 71.9 Å². The Morgan fingerprint density at radius 1 is 0.700 bits per heavy atom. The summed E-state index contributed by atoms with van der Waals surface area (Å²) in [5.41, 5.74) is 2.78. The molecule has 0 bridgehead atoms. The number of Topliss-reactive ketones (excluding diaryl/α,β-unsaturated/α-hetero) is 1. The number of alkyl halides is 3. The lowest BCUT2D eigenvalue weighted by Gasteiger charge is -2.44. The molecule has 0 radical (unpaired) electrons. The Hall–Kier alpha value is -4.32. The molecule has 6 rings (SSSR count). The Labute approximate surface area is 232 Å². The van der Waals surface area contributed by atoms with Crippen molar-refractivity contribution in [1.29, 1.82) is 0 Å². The Morgan fingerprint density at radius 3 is 1.70 bits per heavy atom. The van der Waals surface area contributed by atoms with Crippen LogP contribution in [-0.4, -0.2) is 17.4 Å². The highest BCUT2D eigenvalue weighted by Gasteiger charge is 2.43. The van der Waals surface area contributed by atoms with Crippen LogP contribution in [0.25, 0.3) is 0 Å². The first kappa shape index (κ1) is 25.9. The van der Waals surface area contributed by atoms with Crippen LogP contribution in [0, 0.1) is 5.92 Å². The van der Waals surface area contributed by atoms with E-state index in [-0.39, 0.29) is 18.1 Å². The molecule has 202 valence electrons. The van der Waals surface area contributed by atoms with Crippen molar-refractivity contribution in [3.63, 3.8) is 0 Å². The Balaban J connectivity index is 1.45. The maximum absolute atomic E-state index is 13.6. The smallest absolute Gasteiger partial charge is 0.340 e. The predicted octanol–water partition coefficient (Wildman–Crippen LogP) is 7.77. The van der Waals surface area contributed by atoms with Gasteiger partial charge in [0.1, 0.15) is 11.3 Å². The van der Waals surface area contributed by atoms with Crippen LogP contribution < -0.4 is 4.90 Å². The normalized spacial score (nSPS) is 15.5. The highest BCUT2D eigenvalue weighted by Crippen LogP contribution is 2.45. The number of halogens is 3. The van der Waals surface area contributed by atoms with Gasteiger partial charge in [-0.2, -0.15) is 13.2 Å². The van der Waals surface area contributed by atoms with E-state index >= 15 is 0 Å². The van der Waals surface area contributed by atoms with E-state index in [1.165, 1.54) is 6.07 Å². The van der Waals surface area contributed by atoms with Crippen molar-refractivity contribution in [3.05, 3.63) is 149 Å². The van der Waals surface area contributed by atoms with E-state index < -0.39 is 17.3 Å². The summed E-state index contributed by atoms with van der Waals surface area (Å²) in [5, 5.41) is 0. The van der Waals surface area contributed by atoms with Crippen molar-refractivity contribution in [2.24, 2.45) is 5.92 Å². The molecule has 4 aromatic carbocycles. The second-order valence-corrected chi connectivity index (χ2v) is 10.4. The highest BCUT2D eigenvalue weighted by atomic mass is 19.4. The zero-order valence-electron chi connectivity index (χ0n) is 21.9. The van der Waals surface area contributed by atoms with Crippen LogP contribution in [0.3, 0.4) is 0 Å². The van der Waals surface area contributed by atoms with Gasteiger partial charge in [-0.1, -0.05) is 91.0 Å². The number of ketones is 1. The quantitative estimate of drug-likeness (QED) is 0.214. The summed E-state index contributed by atoms with van der Waals surface area (Å²) in [4.78, 5) is 16.9. The number of benzene rings is 4. The maximum atomic E-state index is 13.6. The van der Waals surface area contributed by atoms with E-state index in [0.717, 1.165) is 41.7 Å². The van der Waals surface area contributed by atoms with Crippen LogP contribution in [0.2, 0.25) is 0 Å². The fourth-order valence-electron chi connectivity index (χ4n) is 5.75. The topological polar surface area (TPSA) is 23.6 Å². The summed E-state index contributed by atoms with van der Waals surface area (Å²) >= 11 is 0. The molecule has 40 heavy (non-hydrogen) atoms. The molecule has 6 heteroatoms. The summed E-state index contributed by atoms with van der Waals surface area (Å²) in [6.07, 6.45) is 1.05. The Bertz CT molecular complexity index is 1420. The molecular formula is C34H29F3N2O. The van der Waals surface area contributed by atoms with Crippen LogP contribution in [0.4, 0.5) is 18.9 Å². The minimum Gasteiger partial charge on any atom is -0.340 e. The number of hydrogen-bond acceptors (Lipinski definition) is 3. The molecule has 0 unspecified atom stereocenters. The number of hydrogen-bond donors (Lipinski definition) is 0. The molecular weight excluding hydrogens is 509 g/mol. The molecule has 1 fully saturated rings. The first-order valence-electron chi connectivity index (χ1n) is 13.5. The third kappa shape index (κ3) is 4.79. The summed E-state index contributed by atoms with van der Waals surface area (Å²) in [6, 6.07) is 34.5. The van der Waals surface area contributed by atoms with Gasteiger partial charge < -0.3 is 9.80 Å². The summed E-state index contributed by atoms with van der Waals surface area (Å²) in [7, 11) is 0. The molecule has 4 aromatic rings. The molecule has 1 heterocycles. The van der Waals surface area contributed by atoms with Gasteiger partial charge in [-0.25, -0.2) is 0 Å². The molecule has 0 saturated heterocycles. The van der Waals surface area contributed by atoms with Gasteiger partial charge in [-0.15, -0.1) is 0 Å². The standard InChI is InChI=1S/C34H29F3N2O/c35-34(36,37)30-18-19-31(26(22-30)23-32(40)25-16-17-25)38-20-21-39(24-38)33(27-10-4-1-5-11-27,28-12-6-2-7-13-28)29-14-8-3-9-15-29/h1-15,18-22,25H,16-17,23-24H2. The summed E-state index contributed by atoms with van der Waals surface area (Å²) in [5.74, 6) is -0.0253. The average Bonchev–Trinajstić information content (AvgIpc) is 3.72. The molecule has 0 aromatic heterocycles. The second kappa shape index (κ2) is 10.3. The zero-order valence-corrected chi connectivity index (χ0v) is 21.9. The molecule has 1 saturated carbocycles. The summed E-state index contributed by atoms with van der Waals surface area (Å²) in [6.45, 7) is 0.384. The fourth-order valence-corrected chi connectivity index (χ4v) is 5.75. The van der Waals surface area contributed by atoms with E-state index in [9.17, 15) is 18.0 Å². The Morgan fingerprint density at radius 2 is 1.23 bits per heavy atom. The van der Waals surface area contributed by atoms with Gasteiger partial charge in [-0.05, 0) is 53.3 Å². The first-order valence-corrected chi connectivity index (χ1v) is 13.5. The van der Waals surface area contributed by atoms with Crippen molar-refractivity contribution < 1.29 is 18.0 Å². The van der Waals surface area contributed by atoms with Gasteiger partial charge in [0.2, 0.25) is 0 Å². The molecule has 1 aliphatic carbocycles. The van der Waals surface area contributed by atoms with Crippen molar-refractivity contribution in [2.75, 3.05) is 11.6 Å². The molecule has 1 aliphatic heterocycles. The van der Waals surface area contributed by atoms with E-state index in [0.29, 0.717) is 17.9 Å². The molecule has 2 aliphatic rings. The minimum atomic E-state index is -4.48. The lowest BCUT2D eigenvalue weighted by molar-refractivity contribution is -0.137. The number of carbonyl (C=O) groups excluding carboxylic acids is 1. The molecule has 0 atom stereocenters. The van der Waals surface area contributed by atoms with Crippen LogP contribution in [-0.2, 0) is 22.9 Å². The van der Waals surface area contributed by atoms with E-state index in [2.05, 4.69) is 41.3 Å². The lowest BCUT2D eigenvalue weighted by Crippen LogP contribution is -2.46.